The molecular formula is C13H7ClN4. The summed E-state index contributed by atoms with van der Waals surface area (Å²) < 4.78 is 1.68. The molecule has 3 aromatic heterocycles. The Hall–Kier alpha value is -2.38. The molecule has 0 unspecified atom stereocenters. The lowest BCUT2D eigenvalue weighted by Crippen LogP contribution is -1.90. The predicted molar refractivity (Wildman–Crippen MR) is 68.2 cm³/mol. The van der Waals surface area contributed by atoms with Gasteiger partial charge in [-0.2, -0.15) is 5.10 Å². The third-order valence-corrected chi connectivity index (χ3v) is 2.51. The van der Waals surface area contributed by atoms with E-state index in [1.54, 1.807) is 35.4 Å². The number of hydrogen-bond acceptors (Lipinski definition) is 3. The van der Waals surface area contributed by atoms with E-state index >= 15 is 0 Å². The first-order valence-electron chi connectivity index (χ1n) is 5.23. The van der Waals surface area contributed by atoms with E-state index in [1.807, 2.05) is 12.3 Å². The zero-order chi connectivity index (χ0) is 12.4. The second-order valence-corrected chi connectivity index (χ2v) is 4.05. The van der Waals surface area contributed by atoms with Gasteiger partial charge in [0.2, 0.25) is 0 Å². The van der Waals surface area contributed by atoms with Crippen LogP contribution >= 0.6 is 11.6 Å². The summed E-state index contributed by atoms with van der Waals surface area (Å²) in [7, 11) is 0. The smallest absolute Gasteiger partial charge is 0.154 e. The van der Waals surface area contributed by atoms with Gasteiger partial charge < -0.3 is 0 Å². The van der Waals surface area contributed by atoms with E-state index < -0.39 is 0 Å². The Labute approximate surface area is 108 Å². The third kappa shape index (κ3) is 2.17. The Morgan fingerprint density at radius 1 is 1.11 bits per heavy atom. The van der Waals surface area contributed by atoms with Crippen LogP contribution in [-0.2, 0) is 0 Å². The summed E-state index contributed by atoms with van der Waals surface area (Å²) in [6.07, 6.45) is 8.47. The standard InChI is InChI=1S/C13H7ClN4/c14-12-5-10(6-15-8-12)1-2-11-7-16-13-3-4-17-18(13)9-11/h3-9H. The minimum atomic E-state index is 0.572. The van der Waals surface area contributed by atoms with Gasteiger partial charge in [-0.05, 0) is 6.07 Å². The molecule has 0 fully saturated rings. The van der Waals surface area contributed by atoms with E-state index in [4.69, 9.17) is 11.6 Å². The summed E-state index contributed by atoms with van der Waals surface area (Å²) in [5.74, 6) is 5.98. The minimum Gasteiger partial charge on any atom is -0.262 e. The molecule has 0 aliphatic heterocycles. The lowest BCUT2D eigenvalue weighted by atomic mass is 10.2. The van der Waals surface area contributed by atoms with Crippen LogP contribution in [-0.4, -0.2) is 19.6 Å². The lowest BCUT2D eigenvalue weighted by molar-refractivity contribution is 0.935. The molecular weight excluding hydrogens is 248 g/mol. The fourth-order valence-corrected chi connectivity index (χ4v) is 1.67. The molecule has 0 saturated heterocycles. The topological polar surface area (TPSA) is 43.1 Å². The van der Waals surface area contributed by atoms with E-state index in [1.165, 1.54) is 0 Å². The van der Waals surface area contributed by atoms with Gasteiger partial charge in [0.1, 0.15) is 0 Å². The molecule has 0 aliphatic rings. The van der Waals surface area contributed by atoms with Crippen molar-refractivity contribution in [3.05, 3.63) is 59.3 Å². The molecule has 4 nitrogen and oxygen atoms in total. The van der Waals surface area contributed by atoms with Crippen molar-refractivity contribution in [1.29, 1.82) is 0 Å². The van der Waals surface area contributed by atoms with Gasteiger partial charge in [-0.15, -0.1) is 0 Å². The summed E-state index contributed by atoms with van der Waals surface area (Å²) >= 11 is 5.83. The number of pyridine rings is 1. The van der Waals surface area contributed by atoms with Crippen molar-refractivity contribution in [2.75, 3.05) is 0 Å². The van der Waals surface area contributed by atoms with Crippen molar-refractivity contribution in [2.45, 2.75) is 0 Å². The Morgan fingerprint density at radius 2 is 2.00 bits per heavy atom. The fourth-order valence-electron chi connectivity index (χ4n) is 1.50. The van der Waals surface area contributed by atoms with Crippen molar-refractivity contribution in [3.8, 4) is 11.8 Å². The van der Waals surface area contributed by atoms with Crippen LogP contribution < -0.4 is 0 Å². The van der Waals surface area contributed by atoms with E-state index in [2.05, 4.69) is 26.9 Å². The van der Waals surface area contributed by atoms with Crippen LogP contribution in [0, 0.1) is 11.8 Å². The van der Waals surface area contributed by atoms with Crippen LogP contribution in [0.2, 0.25) is 5.02 Å². The van der Waals surface area contributed by atoms with Gasteiger partial charge in [0.25, 0.3) is 0 Å². The van der Waals surface area contributed by atoms with E-state index in [-0.39, 0.29) is 0 Å². The normalized spacial score (nSPS) is 10.1. The van der Waals surface area contributed by atoms with Gasteiger partial charge >= 0.3 is 0 Å². The van der Waals surface area contributed by atoms with Crippen molar-refractivity contribution in [1.82, 2.24) is 19.6 Å². The average Bonchev–Trinajstić information content (AvgIpc) is 2.84. The maximum Gasteiger partial charge on any atom is 0.154 e. The molecule has 0 amide bonds. The fraction of sp³-hybridized carbons (Fsp3) is 0. The minimum absolute atomic E-state index is 0.572. The van der Waals surface area contributed by atoms with E-state index in [9.17, 15) is 0 Å². The monoisotopic (exact) mass is 254 g/mol. The molecule has 0 N–H and O–H groups in total. The summed E-state index contributed by atoms with van der Waals surface area (Å²) in [5, 5.41) is 4.67. The van der Waals surface area contributed by atoms with Crippen LogP contribution in [0.3, 0.4) is 0 Å². The summed E-state index contributed by atoms with van der Waals surface area (Å²) in [6.45, 7) is 0. The summed E-state index contributed by atoms with van der Waals surface area (Å²) in [4.78, 5) is 8.20. The first-order chi connectivity index (χ1) is 8.81. The second kappa shape index (κ2) is 4.47. The van der Waals surface area contributed by atoms with Gasteiger partial charge in [0.05, 0.1) is 16.8 Å². The molecule has 0 atom stereocenters. The molecule has 0 radical (unpaired) electrons. The zero-order valence-electron chi connectivity index (χ0n) is 9.21. The molecule has 3 aromatic rings. The maximum atomic E-state index is 5.83. The second-order valence-electron chi connectivity index (χ2n) is 3.62. The molecule has 5 heteroatoms. The summed E-state index contributed by atoms with van der Waals surface area (Å²) in [5.41, 5.74) is 2.35. The molecule has 18 heavy (non-hydrogen) atoms. The van der Waals surface area contributed by atoms with Crippen LogP contribution in [0.15, 0.2) is 43.1 Å². The maximum absolute atomic E-state index is 5.83. The largest absolute Gasteiger partial charge is 0.262 e. The Balaban J connectivity index is 1.97. The van der Waals surface area contributed by atoms with Crippen molar-refractivity contribution >= 4 is 17.2 Å². The van der Waals surface area contributed by atoms with Gasteiger partial charge in [0.15, 0.2) is 5.65 Å². The van der Waals surface area contributed by atoms with Crippen LogP contribution in [0.5, 0.6) is 0 Å². The van der Waals surface area contributed by atoms with E-state index in [0.717, 1.165) is 16.8 Å². The van der Waals surface area contributed by atoms with Crippen LogP contribution in [0.1, 0.15) is 11.1 Å². The number of aromatic nitrogens is 4. The van der Waals surface area contributed by atoms with Crippen LogP contribution in [0.25, 0.3) is 5.65 Å². The van der Waals surface area contributed by atoms with Crippen molar-refractivity contribution in [2.24, 2.45) is 0 Å². The van der Waals surface area contributed by atoms with Gasteiger partial charge in [-0.25, -0.2) is 9.50 Å². The Kier molecular flexibility index (Phi) is 2.67. The van der Waals surface area contributed by atoms with Gasteiger partial charge in [-0.3, -0.25) is 4.98 Å². The molecule has 0 aliphatic carbocycles. The highest BCUT2D eigenvalue weighted by molar-refractivity contribution is 6.30. The molecule has 0 bridgehead atoms. The summed E-state index contributed by atoms with van der Waals surface area (Å²) in [6, 6.07) is 3.60. The average molecular weight is 255 g/mol. The highest BCUT2D eigenvalue weighted by Crippen LogP contribution is 2.07. The number of fused-ring (bicyclic) bond motifs is 1. The number of hydrogen-bond donors (Lipinski definition) is 0. The molecule has 0 aromatic carbocycles. The lowest BCUT2D eigenvalue weighted by Gasteiger charge is -1.93. The quantitative estimate of drug-likeness (QED) is 0.578. The van der Waals surface area contributed by atoms with Crippen molar-refractivity contribution in [3.63, 3.8) is 0 Å². The number of halogens is 1. The van der Waals surface area contributed by atoms with Crippen LogP contribution in [0.4, 0.5) is 0 Å². The first-order valence-corrected chi connectivity index (χ1v) is 5.61. The molecule has 0 spiro atoms. The highest BCUT2D eigenvalue weighted by atomic mass is 35.5. The molecule has 0 saturated carbocycles. The van der Waals surface area contributed by atoms with E-state index in [0.29, 0.717) is 5.02 Å². The molecule has 86 valence electrons. The molecule has 3 rings (SSSR count). The van der Waals surface area contributed by atoms with Gasteiger partial charge in [-0.1, -0.05) is 23.4 Å². The molecule has 3 heterocycles. The Morgan fingerprint density at radius 3 is 2.89 bits per heavy atom. The third-order valence-electron chi connectivity index (χ3n) is 2.30. The SMILES string of the molecule is Clc1cncc(C#Cc2cnc3ccnn3c2)c1. The van der Waals surface area contributed by atoms with Crippen molar-refractivity contribution < 1.29 is 0 Å². The zero-order valence-corrected chi connectivity index (χ0v) is 9.96. The first kappa shape index (κ1) is 10.8. The van der Waals surface area contributed by atoms with Gasteiger partial charge in [0, 0.05) is 36.4 Å². The Bertz CT molecular complexity index is 767. The number of nitrogens with zero attached hydrogens (tertiary/aromatic N) is 4. The predicted octanol–water partition coefficient (Wildman–Crippen LogP) is 2.18. The number of rotatable bonds is 0. The highest BCUT2D eigenvalue weighted by Gasteiger charge is 1.95.